The third kappa shape index (κ3) is 3.62. The predicted molar refractivity (Wildman–Crippen MR) is 84.1 cm³/mol. The molecule has 6 nitrogen and oxygen atoms in total. The van der Waals surface area contributed by atoms with Crippen molar-refractivity contribution < 1.29 is 19.9 Å². The normalized spacial score (nSPS) is 10.9. The summed E-state index contributed by atoms with van der Waals surface area (Å²) < 4.78 is 5.46. The number of nitrogens with zero attached hydrogens (tertiary/aromatic N) is 2. The molecular weight excluding hydrogens is 330 g/mol. The second-order valence-electron chi connectivity index (χ2n) is 4.87. The first-order chi connectivity index (χ1) is 10.3. The van der Waals surface area contributed by atoms with Crippen molar-refractivity contribution in [2.75, 3.05) is 0 Å². The van der Waals surface area contributed by atoms with Gasteiger partial charge in [-0.1, -0.05) is 37.0 Å². The van der Waals surface area contributed by atoms with Crippen LogP contribution in [0.4, 0.5) is 0 Å². The molecule has 0 aliphatic rings. The minimum Gasteiger partial charge on any atom is -0.504 e. The van der Waals surface area contributed by atoms with Crippen molar-refractivity contribution in [3.63, 3.8) is 0 Å². The number of rotatable bonds is 4. The number of hydrogen-bond acceptors (Lipinski definition) is 6. The quantitative estimate of drug-likeness (QED) is 0.736. The summed E-state index contributed by atoms with van der Waals surface area (Å²) in [5.41, 5.74) is 0.566. The molecule has 0 aliphatic carbocycles. The summed E-state index contributed by atoms with van der Waals surface area (Å²) in [5.74, 6) is 0.0367. The van der Waals surface area contributed by atoms with Crippen molar-refractivity contribution in [1.82, 2.24) is 9.97 Å². The van der Waals surface area contributed by atoms with E-state index in [-0.39, 0.29) is 38.9 Å². The molecule has 0 saturated carbocycles. The van der Waals surface area contributed by atoms with E-state index in [1.165, 1.54) is 18.3 Å². The first-order valence-corrected chi connectivity index (χ1v) is 7.14. The van der Waals surface area contributed by atoms with Crippen LogP contribution < -0.4 is 10.2 Å². The van der Waals surface area contributed by atoms with E-state index in [0.29, 0.717) is 5.69 Å². The number of aromatic hydroxyl groups is 1. The van der Waals surface area contributed by atoms with Crippen LogP contribution in [0.5, 0.6) is 17.5 Å². The Balaban J connectivity index is 2.37. The van der Waals surface area contributed by atoms with E-state index in [1.807, 2.05) is 13.8 Å². The van der Waals surface area contributed by atoms with Gasteiger partial charge in [-0.3, -0.25) is 0 Å². The fraction of sp³-hybridized carbons (Fsp3) is 0.231. The number of hydrogen-bond donors (Lipinski definition) is 3. The van der Waals surface area contributed by atoms with E-state index in [9.17, 15) is 5.11 Å². The molecule has 0 saturated heterocycles. The summed E-state index contributed by atoms with van der Waals surface area (Å²) in [6.45, 7) is 3.73. The molecule has 0 atom stereocenters. The second-order valence-corrected chi connectivity index (χ2v) is 5.68. The van der Waals surface area contributed by atoms with Gasteiger partial charge in [-0.25, -0.2) is 0 Å². The summed E-state index contributed by atoms with van der Waals surface area (Å²) in [7, 11) is -1.69. The lowest BCUT2D eigenvalue weighted by atomic mass is 9.80. The summed E-state index contributed by atoms with van der Waals surface area (Å²) in [6.07, 6.45) is 1.23. The summed E-state index contributed by atoms with van der Waals surface area (Å²) >= 11 is 12.1. The second kappa shape index (κ2) is 6.70. The molecule has 1 aromatic carbocycles. The summed E-state index contributed by atoms with van der Waals surface area (Å²) in [5, 5.41) is 28.1. The van der Waals surface area contributed by atoms with E-state index in [1.54, 1.807) is 0 Å². The maximum atomic E-state index is 9.69. The molecule has 0 aliphatic heterocycles. The average Bonchev–Trinajstić information content (AvgIpc) is 2.43. The Labute approximate surface area is 137 Å². The van der Waals surface area contributed by atoms with Crippen molar-refractivity contribution in [2.45, 2.75) is 19.8 Å². The average molecular weight is 343 g/mol. The van der Waals surface area contributed by atoms with Gasteiger partial charge in [0.2, 0.25) is 0 Å². The Morgan fingerprint density at radius 2 is 1.77 bits per heavy atom. The highest BCUT2D eigenvalue weighted by Gasteiger charge is 2.19. The molecule has 0 spiro atoms. The van der Waals surface area contributed by atoms with Crippen LogP contribution in [0.15, 0.2) is 18.3 Å². The topological polar surface area (TPSA) is 95.7 Å². The molecule has 0 amide bonds. The van der Waals surface area contributed by atoms with Crippen LogP contribution in [0.25, 0.3) is 0 Å². The number of halogens is 2. The first kappa shape index (κ1) is 16.8. The van der Waals surface area contributed by atoms with Gasteiger partial charge in [-0.2, -0.15) is 9.97 Å². The van der Waals surface area contributed by atoms with E-state index in [4.69, 9.17) is 38.0 Å². The van der Waals surface area contributed by atoms with E-state index in [2.05, 4.69) is 9.97 Å². The van der Waals surface area contributed by atoms with Gasteiger partial charge in [0.05, 0.1) is 21.9 Å². The molecule has 3 N–H and O–H groups in total. The highest BCUT2D eigenvalue weighted by Crippen LogP contribution is 2.35. The van der Waals surface area contributed by atoms with Crippen molar-refractivity contribution in [3.8, 4) is 17.5 Å². The van der Waals surface area contributed by atoms with Gasteiger partial charge in [0.1, 0.15) is 0 Å². The minimum absolute atomic E-state index is 0.0248. The molecule has 1 heterocycles. The van der Waals surface area contributed by atoms with Crippen LogP contribution in [0.1, 0.15) is 25.5 Å². The van der Waals surface area contributed by atoms with Crippen LogP contribution in [-0.4, -0.2) is 32.2 Å². The van der Waals surface area contributed by atoms with Crippen LogP contribution >= 0.6 is 23.2 Å². The van der Waals surface area contributed by atoms with Crippen LogP contribution in [-0.2, 0) is 0 Å². The fourth-order valence-electron chi connectivity index (χ4n) is 1.76. The number of benzene rings is 1. The molecule has 2 rings (SSSR count). The SMILES string of the molecule is CC(C)c1nc(Oc2c(Cl)cc(B(O)O)cc2Cl)ncc1O. The molecule has 0 bridgehead atoms. The Morgan fingerprint density at radius 3 is 2.27 bits per heavy atom. The van der Waals surface area contributed by atoms with Gasteiger partial charge in [0.25, 0.3) is 0 Å². The fourth-order valence-corrected chi connectivity index (χ4v) is 2.34. The molecular formula is C13H13BCl2N2O4. The smallest absolute Gasteiger partial charge is 0.488 e. The molecule has 22 heavy (non-hydrogen) atoms. The molecule has 0 unspecified atom stereocenters. The molecule has 9 heteroatoms. The van der Waals surface area contributed by atoms with Crippen LogP contribution in [0, 0.1) is 0 Å². The van der Waals surface area contributed by atoms with Crippen molar-refractivity contribution in [2.24, 2.45) is 0 Å². The van der Waals surface area contributed by atoms with Crippen molar-refractivity contribution in [3.05, 3.63) is 34.1 Å². The van der Waals surface area contributed by atoms with Crippen molar-refractivity contribution in [1.29, 1.82) is 0 Å². The lowest BCUT2D eigenvalue weighted by Crippen LogP contribution is -2.29. The Morgan fingerprint density at radius 1 is 1.18 bits per heavy atom. The standard InChI is InChI=1S/C13H13BCl2N2O4/c1-6(2)11-10(19)5-17-13(18-11)22-12-8(15)3-7(14(20)21)4-9(12)16/h3-6,19-21H,1-2H3. The third-order valence-electron chi connectivity index (χ3n) is 2.83. The lowest BCUT2D eigenvalue weighted by molar-refractivity contribution is 0.416. The number of ether oxygens (including phenoxy) is 1. The zero-order valence-electron chi connectivity index (χ0n) is 11.8. The minimum atomic E-state index is -1.69. The van der Waals surface area contributed by atoms with Crippen LogP contribution in [0.2, 0.25) is 10.0 Å². The first-order valence-electron chi connectivity index (χ1n) is 6.38. The number of aromatic nitrogens is 2. The molecule has 0 radical (unpaired) electrons. The Hall–Kier alpha value is -1.54. The van der Waals surface area contributed by atoms with Gasteiger partial charge in [0.15, 0.2) is 11.5 Å². The molecule has 2 aromatic rings. The Kier molecular flexibility index (Phi) is 5.13. The summed E-state index contributed by atoms with van der Waals surface area (Å²) in [4.78, 5) is 7.96. The van der Waals surface area contributed by atoms with E-state index in [0.717, 1.165) is 0 Å². The highest BCUT2D eigenvalue weighted by molar-refractivity contribution is 6.59. The van der Waals surface area contributed by atoms with Gasteiger partial charge in [-0.05, 0) is 23.5 Å². The van der Waals surface area contributed by atoms with Gasteiger partial charge < -0.3 is 19.9 Å². The van der Waals surface area contributed by atoms with Crippen LogP contribution in [0.3, 0.4) is 0 Å². The van der Waals surface area contributed by atoms with Gasteiger partial charge in [0, 0.05) is 0 Å². The maximum Gasteiger partial charge on any atom is 0.488 e. The molecule has 0 fully saturated rings. The van der Waals surface area contributed by atoms with E-state index >= 15 is 0 Å². The third-order valence-corrected chi connectivity index (χ3v) is 3.40. The zero-order valence-corrected chi connectivity index (χ0v) is 13.3. The van der Waals surface area contributed by atoms with Crippen molar-refractivity contribution >= 4 is 35.8 Å². The van der Waals surface area contributed by atoms with Gasteiger partial charge in [-0.15, -0.1) is 0 Å². The predicted octanol–water partition coefficient (Wildman–Crippen LogP) is 2.08. The summed E-state index contributed by atoms with van der Waals surface area (Å²) in [6, 6.07) is 2.61. The molecule has 1 aromatic heterocycles. The monoisotopic (exact) mass is 342 g/mol. The zero-order chi connectivity index (χ0) is 16.4. The van der Waals surface area contributed by atoms with E-state index < -0.39 is 7.12 Å². The largest absolute Gasteiger partial charge is 0.504 e. The van der Waals surface area contributed by atoms with Gasteiger partial charge >= 0.3 is 13.1 Å². The molecule has 116 valence electrons. The Bertz CT molecular complexity index is 675. The highest BCUT2D eigenvalue weighted by atomic mass is 35.5. The lowest BCUT2D eigenvalue weighted by Gasteiger charge is -2.12. The maximum absolute atomic E-state index is 9.69.